The maximum absolute atomic E-state index is 13.8. The molecule has 0 amide bonds. The van der Waals surface area contributed by atoms with Crippen molar-refractivity contribution in [3.63, 3.8) is 0 Å². The zero-order valence-electron chi connectivity index (χ0n) is 15.3. The van der Waals surface area contributed by atoms with Gasteiger partial charge in [-0.2, -0.15) is 13.2 Å². The quantitative estimate of drug-likeness (QED) is 0.449. The number of carbonyl (C=O) groups is 1. The van der Waals surface area contributed by atoms with Gasteiger partial charge in [0.1, 0.15) is 18.2 Å². The summed E-state index contributed by atoms with van der Waals surface area (Å²) in [5.41, 5.74) is -2.54. The number of rotatable bonds is 5. The minimum Gasteiger partial charge on any atom is -0.485 e. The van der Waals surface area contributed by atoms with E-state index in [0.29, 0.717) is 5.56 Å². The largest absolute Gasteiger partial charge is 0.485 e. The molecule has 0 aliphatic carbocycles. The van der Waals surface area contributed by atoms with Crippen LogP contribution in [-0.4, -0.2) is 22.0 Å². The normalized spacial score (nSPS) is 11.7. The molecule has 0 unspecified atom stereocenters. The van der Waals surface area contributed by atoms with Crippen molar-refractivity contribution < 1.29 is 36.2 Å². The molecule has 0 radical (unpaired) electrons. The molecule has 0 aliphatic rings. The predicted molar refractivity (Wildman–Crippen MR) is 91.6 cm³/mol. The van der Waals surface area contributed by atoms with E-state index in [1.807, 2.05) is 0 Å². The summed E-state index contributed by atoms with van der Waals surface area (Å²) in [5, 5.41) is 0. The van der Waals surface area contributed by atoms with Gasteiger partial charge in [-0.25, -0.2) is 18.6 Å². The number of aryl methyl sites for hydroxylation is 1. The first-order valence-corrected chi connectivity index (χ1v) is 8.46. The molecule has 2 heterocycles. The molecule has 3 aromatic rings. The number of benzene rings is 1. The van der Waals surface area contributed by atoms with Crippen LogP contribution < -0.4 is 4.74 Å². The van der Waals surface area contributed by atoms with Gasteiger partial charge in [0.2, 0.25) is 0 Å². The van der Waals surface area contributed by atoms with Crippen molar-refractivity contribution in [2.75, 3.05) is 6.61 Å². The van der Waals surface area contributed by atoms with Crippen molar-refractivity contribution in [2.45, 2.75) is 26.6 Å². The molecule has 5 nitrogen and oxygen atoms in total. The van der Waals surface area contributed by atoms with E-state index < -0.39 is 41.8 Å². The summed E-state index contributed by atoms with van der Waals surface area (Å²) in [4.78, 5) is 15.7. The minimum absolute atomic E-state index is 0.134. The maximum Gasteiger partial charge on any atom is 0.435 e. The molecule has 29 heavy (non-hydrogen) atoms. The van der Waals surface area contributed by atoms with Crippen LogP contribution in [0.3, 0.4) is 0 Å². The third-order valence-electron chi connectivity index (χ3n) is 3.99. The highest BCUT2D eigenvalue weighted by molar-refractivity contribution is 5.90. The van der Waals surface area contributed by atoms with E-state index in [4.69, 9.17) is 9.47 Å². The standard InChI is InChI=1S/C19H15F5N2O3/c1-3-28-18(27)15-16(19(22,23)24)25-17-14(7-10(2)8-26(15)17)29-9-11-12(20)5-4-6-13(11)21/h4-8H,3,9H2,1-2H3. The van der Waals surface area contributed by atoms with E-state index in [1.54, 1.807) is 6.92 Å². The summed E-state index contributed by atoms with van der Waals surface area (Å²) in [7, 11) is 0. The summed E-state index contributed by atoms with van der Waals surface area (Å²) in [6.07, 6.45) is -3.67. The van der Waals surface area contributed by atoms with Crippen molar-refractivity contribution in [3.05, 3.63) is 64.6 Å². The summed E-state index contributed by atoms with van der Waals surface area (Å²) >= 11 is 0. The third-order valence-corrected chi connectivity index (χ3v) is 3.99. The van der Waals surface area contributed by atoms with Crippen LogP contribution in [-0.2, 0) is 17.5 Å². The highest BCUT2D eigenvalue weighted by Gasteiger charge is 2.41. The lowest BCUT2D eigenvalue weighted by atomic mass is 10.2. The monoisotopic (exact) mass is 414 g/mol. The van der Waals surface area contributed by atoms with Crippen LogP contribution in [0.1, 0.15) is 34.2 Å². The van der Waals surface area contributed by atoms with Gasteiger partial charge >= 0.3 is 12.1 Å². The van der Waals surface area contributed by atoms with E-state index >= 15 is 0 Å². The topological polar surface area (TPSA) is 52.8 Å². The van der Waals surface area contributed by atoms with Gasteiger partial charge in [0, 0.05) is 6.20 Å². The second-order valence-corrected chi connectivity index (χ2v) is 6.09. The van der Waals surface area contributed by atoms with Gasteiger partial charge in [-0.1, -0.05) is 6.07 Å². The molecular weight excluding hydrogens is 399 g/mol. The smallest absolute Gasteiger partial charge is 0.435 e. The van der Waals surface area contributed by atoms with Gasteiger partial charge in [-0.15, -0.1) is 0 Å². The average molecular weight is 414 g/mol. The Morgan fingerprint density at radius 3 is 2.45 bits per heavy atom. The maximum atomic E-state index is 13.8. The number of hydrogen-bond acceptors (Lipinski definition) is 4. The molecule has 0 atom stereocenters. The molecule has 0 N–H and O–H groups in total. The van der Waals surface area contributed by atoms with Crippen LogP contribution in [0.25, 0.3) is 5.65 Å². The Balaban J connectivity index is 2.12. The highest BCUT2D eigenvalue weighted by atomic mass is 19.4. The Hall–Kier alpha value is -3.17. The van der Waals surface area contributed by atoms with Crippen molar-refractivity contribution in [1.82, 2.24) is 9.38 Å². The molecule has 0 spiro atoms. The molecule has 10 heteroatoms. The van der Waals surface area contributed by atoms with Crippen LogP contribution in [0.5, 0.6) is 5.75 Å². The zero-order chi connectivity index (χ0) is 21.3. The van der Waals surface area contributed by atoms with Crippen molar-refractivity contribution in [2.24, 2.45) is 0 Å². The fraction of sp³-hybridized carbons (Fsp3) is 0.263. The first-order valence-electron chi connectivity index (χ1n) is 8.46. The van der Waals surface area contributed by atoms with E-state index in [-0.39, 0.29) is 23.6 Å². The molecular formula is C19H15F5N2O3. The van der Waals surface area contributed by atoms with Gasteiger partial charge in [-0.05, 0) is 37.6 Å². The predicted octanol–water partition coefficient (Wildman–Crippen LogP) is 4.70. The number of imidazole rings is 1. The van der Waals surface area contributed by atoms with E-state index in [2.05, 4.69) is 4.98 Å². The number of halogens is 5. The highest BCUT2D eigenvalue weighted by Crippen LogP contribution is 2.35. The number of hydrogen-bond donors (Lipinski definition) is 0. The number of ether oxygens (including phenoxy) is 2. The summed E-state index contributed by atoms with van der Waals surface area (Å²) in [6.45, 7) is 2.29. The number of carbonyl (C=O) groups excluding carboxylic acids is 1. The Kier molecular flexibility index (Phi) is 5.45. The van der Waals surface area contributed by atoms with Crippen LogP contribution >= 0.6 is 0 Å². The van der Waals surface area contributed by atoms with Gasteiger partial charge in [0.15, 0.2) is 22.8 Å². The number of aromatic nitrogens is 2. The van der Waals surface area contributed by atoms with Crippen molar-refractivity contribution in [3.8, 4) is 5.75 Å². The van der Waals surface area contributed by atoms with Crippen LogP contribution in [0.4, 0.5) is 22.0 Å². The molecule has 0 saturated heterocycles. The number of alkyl halides is 3. The molecule has 0 fully saturated rings. The Labute approximate surface area is 161 Å². The van der Waals surface area contributed by atoms with E-state index in [1.165, 1.54) is 25.3 Å². The van der Waals surface area contributed by atoms with Gasteiger partial charge in [0.05, 0.1) is 12.2 Å². The lowest BCUT2D eigenvalue weighted by Gasteiger charge is -2.11. The summed E-state index contributed by atoms with van der Waals surface area (Å²) in [5.74, 6) is -3.10. The van der Waals surface area contributed by atoms with Gasteiger partial charge in [-0.3, -0.25) is 4.40 Å². The fourth-order valence-corrected chi connectivity index (χ4v) is 2.76. The van der Waals surface area contributed by atoms with Gasteiger partial charge < -0.3 is 9.47 Å². The van der Waals surface area contributed by atoms with E-state index in [0.717, 1.165) is 16.5 Å². The average Bonchev–Trinajstić information content (AvgIpc) is 3.01. The molecule has 0 aliphatic heterocycles. The number of pyridine rings is 1. The van der Waals surface area contributed by atoms with Crippen LogP contribution in [0, 0.1) is 18.6 Å². The molecule has 0 bridgehead atoms. The Morgan fingerprint density at radius 2 is 1.86 bits per heavy atom. The first kappa shape index (κ1) is 20.6. The van der Waals surface area contributed by atoms with Crippen molar-refractivity contribution in [1.29, 1.82) is 0 Å². The molecule has 154 valence electrons. The Bertz CT molecular complexity index is 1060. The number of fused-ring (bicyclic) bond motifs is 1. The summed E-state index contributed by atoms with van der Waals surface area (Å²) < 4.78 is 79.0. The molecule has 1 aromatic carbocycles. The Morgan fingerprint density at radius 1 is 1.21 bits per heavy atom. The van der Waals surface area contributed by atoms with Gasteiger partial charge in [0.25, 0.3) is 0 Å². The minimum atomic E-state index is -4.93. The SMILES string of the molecule is CCOC(=O)c1c(C(F)(F)F)nc2c(OCc3c(F)cccc3F)cc(C)cn12. The molecule has 3 rings (SSSR count). The van der Waals surface area contributed by atoms with Crippen molar-refractivity contribution >= 4 is 11.6 Å². The van der Waals surface area contributed by atoms with Crippen LogP contribution in [0.2, 0.25) is 0 Å². The van der Waals surface area contributed by atoms with Crippen LogP contribution in [0.15, 0.2) is 30.5 Å². The summed E-state index contributed by atoms with van der Waals surface area (Å²) in [6, 6.07) is 4.60. The fourth-order valence-electron chi connectivity index (χ4n) is 2.76. The molecule has 2 aromatic heterocycles. The second kappa shape index (κ2) is 7.69. The van der Waals surface area contributed by atoms with E-state index in [9.17, 15) is 26.7 Å². The second-order valence-electron chi connectivity index (χ2n) is 6.09. The zero-order valence-corrected chi connectivity index (χ0v) is 15.3. The first-order chi connectivity index (χ1) is 13.6. The third kappa shape index (κ3) is 4.01. The number of esters is 1. The lowest BCUT2D eigenvalue weighted by Crippen LogP contribution is -2.16. The number of nitrogens with zero attached hydrogens (tertiary/aromatic N) is 2. The molecule has 0 saturated carbocycles. The lowest BCUT2D eigenvalue weighted by molar-refractivity contribution is -0.141.